The lowest BCUT2D eigenvalue weighted by atomic mass is 10.1. The molecule has 2 heterocycles. The fraction of sp³-hybridized carbons (Fsp3) is 0.444. The summed E-state index contributed by atoms with van der Waals surface area (Å²) in [6, 6.07) is 5.62. The second-order valence-electron chi connectivity index (χ2n) is 6.37. The number of carbonyl (C=O) groups is 1. The third-order valence-electron chi connectivity index (χ3n) is 4.52. The van der Waals surface area contributed by atoms with Crippen LogP contribution in [0.4, 0.5) is 5.69 Å². The molecule has 3 rings (SSSR count). The van der Waals surface area contributed by atoms with Gasteiger partial charge >= 0.3 is 5.97 Å². The molecule has 0 radical (unpaired) electrons. The Bertz CT molecular complexity index is 848. The lowest BCUT2D eigenvalue weighted by molar-refractivity contribution is 0.0682. The van der Waals surface area contributed by atoms with Gasteiger partial charge in [0.15, 0.2) is 5.43 Å². The number of fused-ring (bicyclic) bond motifs is 1. The van der Waals surface area contributed by atoms with Gasteiger partial charge in [-0.3, -0.25) is 4.79 Å². The van der Waals surface area contributed by atoms with Crippen molar-refractivity contribution < 1.29 is 14.6 Å². The Morgan fingerprint density at radius 1 is 1.25 bits per heavy atom. The summed E-state index contributed by atoms with van der Waals surface area (Å²) >= 11 is 0. The summed E-state index contributed by atoms with van der Waals surface area (Å²) in [4.78, 5) is 26.6. The summed E-state index contributed by atoms with van der Waals surface area (Å²) in [5.74, 6) is -1.07. The Morgan fingerprint density at radius 2 is 1.92 bits per heavy atom. The number of carboxylic acid groups (broad SMARTS) is 1. The molecule has 24 heavy (non-hydrogen) atoms. The first-order chi connectivity index (χ1) is 11.4. The second-order valence-corrected chi connectivity index (χ2v) is 6.37. The van der Waals surface area contributed by atoms with Crippen molar-refractivity contribution in [3.63, 3.8) is 0 Å². The fourth-order valence-corrected chi connectivity index (χ4v) is 3.34. The number of rotatable bonds is 3. The molecule has 128 valence electrons. The third kappa shape index (κ3) is 2.67. The third-order valence-corrected chi connectivity index (χ3v) is 4.52. The van der Waals surface area contributed by atoms with Crippen molar-refractivity contribution in [1.29, 1.82) is 0 Å². The number of anilines is 1. The highest BCUT2D eigenvalue weighted by Gasteiger charge is 2.22. The minimum absolute atomic E-state index is 0.0628. The van der Waals surface area contributed by atoms with E-state index in [1.54, 1.807) is 11.5 Å². The zero-order chi connectivity index (χ0) is 17.4. The van der Waals surface area contributed by atoms with Crippen molar-refractivity contribution in [3.05, 3.63) is 39.7 Å². The molecule has 2 aromatic rings. The Kier molecular flexibility index (Phi) is 4.32. The van der Waals surface area contributed by atoms with Gasteiger partial charge in [-0.05, 0) is 39.0 Å². The van der Waals surface area contributed by atoms with Gasteiger partial charge in [-0.1, -0.05) is 0 Å². The molecule has 1 fully saturated rings. The highest BCUT2D eigenvalue weighted by Crippen LogP contribution is 2.26. The van der Waals surface area contributed by atoms with E-state index in [2.05, 4.69) is 4.90 Å². The lowest BCUT2D eigenvalue weighted by Crippen LogP contribution is -2.36. The smallest absolute Gasteiger partial charge is 0.352 e. The summed E-state index contributed by atoms with van der Waals surface area (Å²) in [6.07, 6.45) is 0. The zero-order valence-electron chi connectivity index (χ0n) is 14.2. The molecule has 6 nitrogen and oxygen atoms in total. The van der Waals surface area contributed by atoms with E-state index in [-0.39, 0.29) is 22.7 Å². The summed E-state index contributed by atoms with van der Waals surface area (Å²) in [6.45, 7) is 8.35. The van der Waals surface area contributed by atoms with Crippen LogP contribution in [-0.2, 0) is 4.74 Å². The van der Waals surface area contributed by atoms with Crippen LogP contribution in [0.25, 0.3) is 10.9 Å². The summed E-state index contributed by atoms with van der Waals surface area (Å²) in [7, 11) is 0. The number of pyridine rings is 1. The van der Waals surface area contributed by atoms with Crippen molar-refractivity contribution >= 4 is 22.6 Å². The molecule has 0 bridgehead atoms. The van der Waals surface area contributed by atoms with E-state index in [4.69, 9.17) is 4.74 Å². The molecule has 0 aliphatic carbocycles. The number of aromatic carboxylic acids is 1. The maximum Gasteiger partial charge on any atom is 0.352 e. The number of aromatic nitrogens is 1. The van der Waals surface area contributed by atoms with Gasteiger partial charge in [0, 0.05) is 35.8 Å². The van der Waals surface area contributed by atoms with Gasteiger partial charge in [0.05, 0.1) is 18.7 Å². The first-order valence-electron chi connectivity index (χ1n) is 8.16. The minimum Gasteiger partial charge on any atom is -0.477 e. The summed E-state index contributed by atoms with van der Waals surface area (Å²) in [5.41, 5.74) is 1.77. The van der Waals surface area contributed by atoms with Crippen molar-refractivity contribution in [2.45, 2.75) is 26.8 Å². The lowest BCUT2D eigenvalue weighted by Gasteiger charge is -2.29. The Hall–Kier alpha value is -2.34. The molecule has 1 N–H and O–H groups in total. The average Bonchev–Trinajstić information content (AvgIpc) is 2.57. The summed E-state index contributed by atoms with van der Waals surface area (Å²) < 4.78 is 7.11. The van der Waals surface area contributed by atoms with Crippen molar-refractivity contribution in [2.24, 2.45) is 0 Å². The molecule has 1 aliphatic heterocycles. The number of ether oxygens (including phenoxy) is 1. The van der Waals surface area contributed by atoms with Gasteiger partial charge in [0.1, 0.15) is 5.69 Å². The predicted octanol–water partition coefficient (Wildman–Crippen LogP) is 2.43. The zero-order valence-corrected chi connectivity index (χ0v) is 14.2. The van der Waals surface area contributed by atoms with Gasteiger partial charge in [-0.2, -0.15) is 0 Å². The van der Waals surface area contributed by atoms with Crippen LogP contribution < -0.4 is 10.3 Å². The van der Waals surface area contributed by atoms with Crippen molar-refractivity contribution in [3.8, 4) is 0 Å². The number of carboxylic acids is 1. The van der Waals surface area contributed by atoms with E-state index in [0.717, 1.165) is 18.8 Å². The van der Waals surface area contributed by atoms with E-state index < -0.39 is 5.97 Å². The largest absolute Gasteiger partial charge is 0.477 e. The Labute approximate surface area is 140 Å². The van der Waals surface area contributed by atoms with E-state index in [9.17, 15) is 14.7 Å². The van der Waals surface area contributed by atoms with Gasteiger partial charge in [-0.15, -0.1) is 0 Å². The maximum atomic E-state index is 12.7. The van der Waals surface area contributed by atoms with Crippen LogP contribution in [0.15, 0.2) is 23.0 Å². The SMILES string of the molecule is Cc1c(C(=O)O)n(C(C)C)c2ccc(N3CCOCC3)cc2c1=O. The van der Waals surface area contributed by atoms with Crippen LogP contribution in [0, 0.1) is 6.92 Å². The van der Waals surface area contributed by atoms with Crippen LogP contribution >= 0.6 is 0 Å². The van der Waals surface area contributed by atoms with Gasteiger partial charge < -0.3 is 19.3 Å². The van der Waals surface area contributed by atoms with Gasteiger partial charge in [0.2, 0.25) is 0 Å². The molecular weight excluding hydrogens is 308 g/mol. The fourth-order valence-electron chi connectivity index (χ4n) is 3.34. The van der Waals surface area contributed by atoms with E-state index >= 15 is 0 Å². The maximum absolute atomic E-state index is 12.7. The van der Waals surface area contributed by atoms with Crippen LogP contribution in [-0.4, -0.2) is 41.9 Å². The van der Waals surface area contributed by atoms with Crippen LogP contribution in [0.3, 0.4) is 0 Å². The number of morpholine rings is 1. The second kappa shape index (κ2) is 6.28. The van der Waals surface area contributed by atoms with E-state index in [1.807, 2.05) is 32.0 Å². The molecule has 0 atom stereocenters. The molecule has 0 unspecified atom stereocenters. The number of benzene rings is 1. The molecule has 1 aromatic carbocycles. The molecule has 0 amide bonds. The first kappa shape index (κ1) is 16.5. The van der Waals surface area contributed by atoms with Gasteiger partial charge in [-0.25, -0.2) is 4.79 Å². The standard InChI is InChI=1S/C18H22N2O4/c1-11(2)20-15-5-4-13(19-6-8-24-9-7-19)10-14(15)17(21)12(3)16(20)18(22)23/h4-5,10-11H,6-9H2,1-3H3,(H,22,23). The van der Waals surface area contributed by atoms with Crippen molar-refractivity contribution in [2.75, 3.05) is 31.2 Å². The Morgan fingerprint density at radius 3 is 2.50 bits per heavy atom. The monoisotopic (exact) mass is 330 g/mol. The molecule has 1 aromatic heterocycles. The van der Waals surface area contributed by atoms with Gasteiger partial charge in [0.25, 0.3) is 0 Å². The topological polar surface area (TPSA) is 71.8 Å². The minimum atomic E-state index is -1.07. The van der Waals surface area contributed by atoms with E-state index in [0.29, 0.717) is 24.1 Å². The normalized spacial score (nSPS) is 15.2. The van der Waals surface area contributed by atoms with E-state index in [1.165, 1.54) is 0 Å². The van der Waals surface area contributed by atoms with Crippen LogP contribution in [0.5, 0.6) is 0 Å². The molecule has 1 aliphatic rings. The molecule has 0 saturated carbocycles. The first-order valence-corrected chi connectivity index (χ1v) is 8.16. The molecule has 0 spiro atoms. The highest BCUT2D eigenvalue weighted by molar-refractivity contribution is 5.93. The van der Waals surface area contributed by atoms with Crippen LogP contribution in [0.2, 0.25) is 0 Å². The average molecular weight is 330 g/mol. The molecule has 1 saturated heterocycles. The predicted molar refractivity (Wildman–Crippen MR) is 93.3 cm³/mol. The molecule has 6 heteroatoms. The van der Waals surface area contributed by atoms with Crippen LogP contribution in [0.1, 0.15) is 35.9 Å². The van der Waals surface area contributed by atoms with Crippen molar-refractivity contribution in [1.82, 2.24) is 4.57 Å². The quantitative estimate of drug-likeness (QED) is 0.936. The summed E-state index contributed by atoms with van der Waals surface area (Å²) in [5, 5.41) is 10.1. The molecular formula is C18H22N2O4. The number of hydrogen-bond acceptors (Lipinski definition) is 4. The highest BCUT2D eigenvalue weighted by atomic mass is 16.5. The number of hydrogen-bond donors (Lipinski definition) is 1. The number of nitrogens with zero attached hydrogens (tertiary/aromatic N) is 2. The Balaban J connectivity index is 2.27.